The van der Waals surface area contributed by atoms with Gasteiger partial charge < -0.3 is 0 Å². The summed E-state index contributed by atoms with van der Waals surface area (Å²) >= 11 is 0. The van der Waals surface area contributed by atoms with Crippen molar-refractivity contribution in [3.8, 4) is 0 Å². The van der Waals surface area contributed by atoms with E-state index in [4.69, 9.17) is 0 Å². The number of hydrazine groups is 2. The van der Waals surface area contributed by atoms with E-state index in [1.807, 2.05) is 0 Å². The van der Waals surface area contributed by atoms with Crippen LogP contribution in [0.5, 0.6) is 0 Å². The molecule has 0 N–H and O–H groups in total. The maximum Gasteiger partial charge on any atom is 0.417 e. The number of rotatable bonds is 2. The zero-order chi connectivity index (χ0) is 35.4. The third-order valence-electron chi connectivity index (χ3n) is 7.88. The van der Waals surface area contributed by atoms with E-state index in [-0.39, 0.29) is 10.0 Å². The lowest BCUT2D eigenvalue weighted by molar-refractivity contribution is -0.159. The van der Waals surface area contributed by atoms with Gasteiger partial charge in [0.15, 0.2) is 0 Å². The Kier molecular flexibility index (Phi) is 6.72. The first-order valence-electron chi connectivity index (χ1n) is 13.4. The van der Waals surface area contributed by atoms with Crippen LogP contribution in [0.4, 0.5) is 26.3 Å². The molecule has 0 radical (unpaired) electrons. The van der Waals surface area contributed by atoms with Crippen molar-refractivity contribution in [2.24, 2.45) is 5.92 Å². The Bertz CT molecular complexity index is 2010. The molecule has 1 fully saturated rings. The second kappa shape index (κ2) is 10.1. The molecule has 18 heteroatoms. The predicted octanol–water partition coefficient (Wildman–Crippen LogP) is 3.06. The summed E-state index contributed by atoms with van der Waals surface area (Å²) in [4.78, 5) is 108. The standard InChI is InChI=1S/C30H14F6N4O8/c1-11-19(29(31,32)33)17-18(28(48)40(27(17)47)39-25(45)15-9-5-6-10-16(15)26(39)46)20(30(34,35)36)12(2)22(42)37(21(11)41)38-23(43)13-7-3-4-8-14(13)24(38)44/h3-10,12H,1H2,2H3/b19-17-,20-18-. The molecule has 12 nitrogen and oxygen atoms in total. The number of nitrogens with zero attached hydrogens (tertiary/aromatic N) is 4. The highest BCUT2D eigenvalue weighted by atomic mass is 19.4. The minimum absolute atomic E-state index is 0.252. The molecule has 1 atom stereocenters. The summed E-state index contributed by atoms with van der Waals surface area (Å²) in [6.07, 6.45) is -11.9. The molecule has 2 aromatic carbocycles. The summed E-state index contributed by atoms with van der Waals surface area (Å²) < 4.78 is 89.3. The van der Waals surface area contributed by atoms with Crippen LogP contribution in [-0.4, -0.2) is 79.6 Å². The molecule has 0 bridgehead atoms. The Balaban J connectivity index is 1.63. The highest BCUT2D eigenvalue weighted by Gasteiger charge is 2.60. The fourth-order valence-electron chi connectivity index (χ4n) is 5.80. The van der Waals surface area contributed by atoms with Crippen molar-refractivity contribution in [1.82, 2.24) is 20.0 Å². The van der Waals surface area contributed by atoms with Gasteiger partial charge >= 0.3 is 12.4 Å². The Morgan fingerprint density at radius 3 is 1.25 bits per heavy atom. The molecule has 244 valence electrons. The molecule has 1 saturated heterocycles. The Morgan fingerprint density at radius 1 is 0.521 bits per heavy atom. The van der Waals surface area contributed by atoms with Crippen molar-refractivity contribution in [2.45, 2.75) is 19.3 Å². The number of imide groups is 4. The number of hydrogen-bond donors (Lipinski definition) is 0. The highest BCUT2D eigenvalue weighted by Crippen LogP contribution is 2.48. The van der Waals surface area contributed by atoms with E-state index in [1.165, 1.54) is 24.3 Å². The molecule has 4 aliphatic rings. The van der Waals surface area contributed by atoms with Gasteiger partial charge in [-0.2, -0.15) is 46.4 Å². The second-order valence-electron chi connectivity index (χ2n) is 10.5. The van der Waals surface area contributed by atoms with Crippen molar-refractivity contribution in [1.29, 1.82) is 0 Å². The molecular formula is C30H14F6N4O8. The molecule has 0 saturated carbocycles. The molecule has 1 unspecified atom stereocenters. The van der Waals surface area contributed by atoms with E-state index in [0.29, 0.717) is 6.92 Å². The number of fused-ring (bicyclic) bond motifs is 3. The summed E-state index contributed by atoms with van der Waals surface area (Å²) in [5.41, 5.74) is -13.0. The van der Waals surface area contributed by atoms with E-state index in [9.17, 15) is 64.7 Å². The smallest absolute Gasteiger partial charge is 0.272 e. The third-order valence-corrected chi connectivity index (χ3v) is 7.88. The largest absolute Gasteiger partial charge is 0.417 e. The van der Waals surface area contributed by atoms with Crippen LogP contribution in [0.1, 0.15) is 48.4 Å². The lowest BCUT2D eigenvalue weighted by Crippen LogP contribution is -2.55. The van der Waals surface area contributed by atoms with Crippen LogP contribution in [-0.2, 0) is 19.2 Å². The Hall–Kier alpha value is -6.20. The number of alkyl halides is 6. The minimum Gasteiger partial charge on any atom is -0.272 e. The van der Waals surface area contributed by atoms with E-state index < -0.39 is 126 Å². The number of benzene rings is 2. The Morgan fingerprint density at radius 2 is 0.875 bits per heavy atom. The predicted molar refractivity (Wildman–Crippen MR) is 142 cm³/mol. The maximum atomic E-state index is 14.9. The maximum absolute atomic E-state index is 14.9. The molecule has 0 aliphatic carbocycles. The molecule has 6 rings (SSSR count). The summed E-state index contributed by atoms with van der Waals surface area (Å²) in [6, 6.07) is 9.16. The van der Waals surface area contributed by atoms with Gasteiger partial charge in [-0.1, -0.05) is 30.8 Å². The van der Waals surface area contributed by atoms with Crippen LogP contribution in [0.2, 0.25) is 0 Å². The average molecular weight is 672 g/mol. The van der Waals surface area contributed by atoms with Gasteiger partial charge in [-0.3, -0.25) is 38.4 Å². The molecule has 4 heterocycles. The van der Waals surface area contributed by atoms with E-state index in [0.717, 1.165) is 24.3 Å². The second-order valence-corrected chi connectivity index (χ2v) is 10.5. The monoisotopic (exact) mass is 672 g/mol. The first-order valence-corrected chi connectivity index (χ1v) is 13.4. The molecular weight excluding hydrogens is 658 g/mol. The topological polar surface area (TPSA) is 150 Å². The lowest BCUT2D eigenvalue weighted by atomic mass is 9.88. The van der Waals surface area contributed by atoms with E-state index >= 15 is 0 Å². The Labute approximate surface area is 262 Å². The number of carbonyl (C=O) groups excluding carboxylic acids is 8. The van der Waals surface area contributed by atoms with Gasteiger partial charge in [-0.25, -0.2) is 0 Å². The normalized spacial score (nSPS) is 23.6. The highest BCUT2D eigenvalue weighted by molar-refractivity contribution is 6.32. The van der Waals surface area contributed by atoms with E-state index in [1.54, 1.807) is 0 Å². The van der Waals surface area contributed by atoms with Gasteiger partial charge in [-0.15, -0.1) is 0 Å². The van der Waals surface area contributed by atoms with Gasteiger partial charge in [0.2, 0.25) is 0 Å². The lowest BCUT2D eigenvalue weighted by Gasteiger charge is -2.31. The van der Waals surface area contributed by atoms with E-state index in [2.05, 4.69) is 6.58 Å². The zero-order valence-electron chi connectivity index (χ0n) is 23.7. The quantitative estimate of drug-likeness (QED) is 0.269. The van der Waals surface area contributed by atoms with Crippen LogP contribution in [0, 0.1) is 5.92 Å². The fourth-order valence-corrected chi connectivity index (χ4v) is 5.80. The summed E-state index contributed by atoms with van der Waals surface area (Å²) in [6.45, 7) is 3.36. The van der Waals surface area contributed by atoms with Gasteiger partial charge in [-0.05, 0) is 31.2 Å². The van der Waals surface area contributed by atoms with Gasteiger partial charge in [0.1, 0.15) is 0 Å². The fraction of sp³-hybridized carbons (Fsp3) is 0.133. The first kappa shape index (κ1) is 31.8. The average Bonchev–Trinajstić information content (AvgIpc) is 3.51. The molecule has 2 aromatic rings. The zero-order valence-corrected chi connectivity index (χ0v) is 23.7. The first-order chi connectivity index (χ1) is 22.3. The summed E-state index contributed by atoms with van der Waals surface area (Å²) in [7, 11) is 0. The van der Waals surface area contributed by atoms with Crippen LogP contribution in [0.15, 0.2) is 83.0 Å². The van der Waals surface area contributed by atoms with Crippen molar-refractivity contribution < 1.29 is 64.7 Å². The van der Waals surface area contributed by atoms with Crippen LogP contribution in [0.3, 0.4) is 0 Å². The molecule has 0 spiro atoms. The van der Waals surface area contributed by atoms with Gasteiger partial charge in [0.25, 0.3) is 47.3 Å². The number of halogens is 6. The summed E-state index contributed by atoms with van der Waals surface area (Å²) in [5.74, 6) is -17.6. The van der Waals surface area contributed by atoms with Crippen LogP contribution in [0.25, 0.3) is 0 Å². The molecule has 8 amide bonds. The summed E-state index contributed by atoms with van der Waals surface area (Å²) in [5, 5.41) is -1.60. The molecule has 48 heavy (non-hydrogen) atoms. The van der Waals surface area contributed by atoms with Crippen molar-refractivity contribution in [3.63, 3.8) is 0 Å². The van der Waals surface area contributed by atoms with Gasteiger partial charge in [0.05, 0.1) is 50.5 Å². The van der Waals surface area contributed by atoms with Crippen LogP contribution >= 0.6 is 0 Å². The number of amides is 8. The molecule has 4 aliphatic heterocycles. The van der Waals surface area contributed by atoms with Gasteiger partial charge in [0, 0.05) is 5.57 Å². The third kappa shape index (κ3) is 4.17. The minimum atomic E-state index is -6.00. The van der Waals surface area contributed by atoms with Crippen molar-refractivity contribution in [3.05, 3.63) is 105 Å². The van der Waals surface area contributed by atoms with Crippen LogP contribution < -0.4 is 0 Å². The number of hydrogen-bond acceptors (Lipinski definition) is 8. The molecule has 0 aromatic heterocycles. The van der Waals surface area contributed by atoms with Crippen molar-refractivity contribution in [2.75, 3.05) is 0 Å². The van der Waals surface area contributed by atoms with Crippen molar-refractivity contribution >= 4 is 47.3 Å². The SMILES string of the molecule is C=C1C(=O)N(N2C(=O)c3ccccc3C2=O)C(=O)C(C)/C(C(F)(F)F)=C2/C(=O)N(N3C(=O)c4ccccc4C3=O)C(=O)/C2=C/1C(F)(F)F. The number of carbonyl (C=O) groups is 8.